The van der Waals surface area contributed by atoms with Crippen molar-refractivity contribution in [2.24, 2.45) is 0 Å². The van der Waals surface area contributed by atoms with Gasteiger partial charge >= 0.3 is 0 Å². The molecule has 0 N–H and O–H groups in total. The summed E-state index contributed by atoms with van der Waals surface area (Å²) in [5, 5.41) is 0. The van der Waals surface area contributed by atoms with Crippen molar-refractivity contribution in [3.05, 3.63) is 29.8 Å². The third-order valence-corrected chi connectivity index (χ3v) is 4.05. The Balaban J connectivity index is 1.70. The van der Waals surface area contributed by atoms with E-state index in [1.165, 1.54) is 0 Å². The highest BCUT2D eigenvalue weighted by molar-refractivity contribution is 5.74. The van der Waals surface area contributed by atoms with Crippen LogP contribution in [-0.4, -0.2) is 105 Å². The topological polar surface area (TPSA) is 90.9 Å². The lowest BCUT2D eigenvalue weighted by atomic mass is 10.2. The number of hydrogen-bond acceptors (Lipinski definition) is 9. The SMILES string of the molecule is CC(C)OCCOCCOCCOCCOCCOCCOCCOc1ccc(C=O)cc1. The third kappa shape index (κ3) is 19.6. The molecular formula is C24H40O9. The van der Waals surface area contributed by atoms with Crippen molar-refractivity contribution in [2.45, 2.75) is 20.0 Å². The molecule has 0 saturated carbocycles. The Morgan fingerprint density at radius 1 is 0.576 bits per heavy atom. The van der Waals surface area contributed by atoms with Crippen molar-refractivity contribution in [3.8, 4) is 5.75 Å². The van der Waals surface area contributed by atoms with Crippen molar-refractivity contribution < 1.29 is 42.7 Å². The molecule has 0 bridgehead atoms. The van der Waals surface area contributed by atoms with E-state index in [0.29, 0.717) is 104 Å². The fraction of sp³-hybridized carbons (Fsp3) is 0.708. The van der Waals surface area contributed by atoms with Gasteiger partial charge in [0, 0.05) is 5.56 Å². The van der Waals surface area contributed by atoms with Crippen LogP contribution in [0.5, 0.6) is 5.75 Å². The van der Waals surface area contributed by atoms with E-state index in [-0.39, 0.29) is 6.10 Å². The second-order valence-electron chi connectivity index (χ2n) is 7.13. The fourth-order valence-corrected chi connectivity index (χ4v) is 2.41. The summed E-state index contributed by atoms with van der Waals surface area (Å²) >= 11 is 0. The Hall–Kier alpha value is -1.59. The van der Waals surface area contributed by atoms with E-state index in [1.807, 2.05) is 13.8 Å². The van der Waals surface area contributed by atoms with E-state index in [1.54, 1.807) is 24.3 Å². The van der Waals surface area contributed by atoms with E-state index in [9.17, 15) is 4.79 Å². The van der Waals surface area contributed by atoms with Crippen molar-refractivity contribution in [1.82, 2.24) is 0 Å². The first kappa shape index (κ1) is 29.4. The lowest BCUT2D eigenvalue weighted by Crippen LogP contribution is -2.15. The standard InChI is InChI=1S/C24H40O9/c1-22(2)32-19-17-30-15-13-28-11-9-26-7-8-27-10-12-29-14-16-31-18-20-33-24-5-3-23(21-25)4-6-24/h3-6,21-22H,7-20H2,1-2H3. The minimum atomic E-state index is 0.233. The molecular weight excluding hydrogens is 432 g/mol. The van der Waals surface area contributed by atoms with Gasteiger partial charge in [-0.2, -0.15) is 0 Å². The maximum Gasteiger partial charge on any atom is 0.150 e. The lowest BCUT2D eigenvalue weighted by Gasteiger charge is -2.09. The average Bonchev–Trinajstić information content (AvgIpc) is 2.82. The zero-order valence-electron chi connectivity index (χ0n) is 20.0. The van der Waals surface area contributed by atoms with Gasteiger partial charge in [-0.15, -0.1) is 0 Å². The van der Waals surface area contributed by atoms with Gasteiger partial charge in [0.05, 0.1) is 92.0 Å². The molecule has 1 aromatic carbocycles. The zero-order valence-corrected chi connectivity index (χ0v) is 20.0. The molecule has 0 fully saturated rings. The molecule has 0 saturated heterocycles. The van der Waals surface area contributed by atoms with Crippen molar-refractivity contribution in [2.75, 3.05) is 92.5 Å². The first-order chi connectivity index (χ1) is 16.2. The van der Waals surface area contributed by atoms with Crippen molar-refractivity contribution in [1.29, 1.82) is 0 Å². The van der Waals surface area contributed by atoms with Crippen LogP contribution in [0.2, 0.25) is 0 Å². The number of carbonyl (C=O) groups excluding carboxylic acids is 1. The Morgan fingerprint density at radius 2 is 0.939 bits per heavy atom. The normalized spacial score (nSPS) is 11.2. The average molecular weight is 473 g/mol. The van der Waals surface area contributed by atoms with Crippen LogP contribution >= 0.6 is 0 Å². The predicted molar refractivity (Wildman–Crippen MR) is 123 cm³/mol. The Labute approximate surface area is 197 Å². The number of ether oxygens (including phenoxy) is 8. The number of benzene rings is 1. The number of hydrogen-bond donors (Lipinski definition) is 0. The Kier molecular flexibility index (Phi) is 19.8. The molecule has 0 aliphatic carbocycles. The van der Waals surface area contributed by atoms with Crippen LogP contribution in [0, 0.1) is 0 Å². The van der Waals surface area contributed by atoms with Gasteiger partial charge in [-0.1, -0.05) is 0 Å². The van der Waals surface area contributed by atoms with Crippen LogP contribution in [0.15, 0.2) is 24.3 Å². The summed E-state index contributed by atoms with van der Waals surface area (Å²) in [5.41, 5.74) is 0.624. The third-order valence-electron chi connectivity index (χ3n) is 4.05. The molecule has 0 aliphatic rings. The number of carbonyl (C=O) groups is 1. The van der Waals surface area contributed by atoms with Gasteiger partial charge in [-0.25, -0.2) is 0 Å². The highest BCUT2D eigenvalue weighted by atomic mass is 16.6. The lowest BCUT2D eigenvalue weighted by molar-refractivity contribution is -0.0242. The van der Waals surface area contributed by atoms with Gasteiger partial charge in [0.1, 0.15) is 18.6 Å². The van der Waals surface area contributed by atoms with E-state index in [4.69, 9.17) is 37.9 Å². The molecule has 0 atom stereocenters. The molecule has 0 unspecified atom stereocenters. The fourth-order valence-electron chi connectivity index (χ4n) is 2.41. The molecule has 0 spiro atoms. The van der Waals surface area contributed by atoms with Crippen LogP contribution in [0.3, 0.4) is 0 Å². The highest BCUT2D eigenvalue weighted by Crippen LogP contribution is 2.10. The first-order valence-electron chi connectivity index (χ1n) is 11.5. The summed E-state index contributed by atoms with van der Waals surface area (Å²) in [6.45, 7) is 11.3. The molecule has 9 nitrogen and oxygen atoms in total. The van der Waals surface area contributed by atoms with Crippen LogP contribution in [0.25, 0.3) is 0 Å². The quantitative estimate of drug-likeness (QED) is 0.166. The largest absolute Gasteiger partial charge is 0.491 e. The summed E-state index contributed by atoms with van der Waals surface area (Å²) in [6.07, 6.45) is 1.03. The van der Waals surface area contributed by atoms with E-state index < -0.39 is 0 Å². The summed E-state index contributed by atoms with van der Waals surface area (Å²) in [6, 6.07) is 6.94. The van der Waals surface area contributed by atoms with Gasteiger partial charge in [-0.05, 0) is 38.1 Å². The number of aldehydes is 1. The predicted octanol–water partition coefficient (Wildman–Crippen LogP) is 2.40. The molecule has 9 heteroatoms. The molecule has 190 valence electrons. The summed E-state index contributed by atoms with van der Waals surface area (Å²) < 4.78 is 43.4. The van der Waals surface area contributed by atoms with Crippen LogP contribution in [-0.2, 0) is 33.2 Å². The Bertz CT molecular complexity index is 551. The molecule has 0 aliphatic heterocycles. The molecule has 33 heavy (non-hydrogen) atoms. The minimum absolute atomic E-state index is 0.233. The summed E-state index contributed by atoms with van der Waals surface area (Å²) in [7, 11) is 0. The second kappa shape index (κ2) is 22.2. The Morgan fingerprint density at radius 3 is 1.30 bits per heavy atom. The maximum atomic E-state index is 10.6. The highest BCUT2D eigenvalue weighted by Gasteiger charge is 1.97. The van der Waals surface area contributed by atoms with Gasteiger partial charge < -0.3 is 37.9 Å². The molecule has 0 radical (unpaired) electrons. The van der Waals surface area contributed by atoms with E-state index in [0.717, 1.165) is 6.29 Å². The van der Waals surface area contributed by atoms with Gasteiger partial charge in [0.2, 0.25) is 0 Å². The zero-order chi connectivity index (χ0) is 23.8. The monoisotopic (exact) mass is 472 g/mol. The molecule has 0 heterocycles. The van der Waals surface area contributed by atoms with Crippen molar-refractivity contribution >= 4 is 6.29 Å². The minimum Gasteiger partial charge on any atom is -0.491 e. The van der Waals surface area contributed by atoms with Crippen LogP contribution in [0.4, 0.5) is 0 Å². The second-order valence-corrected chi connectivity index (χ2v) is 7.13. The van der Waals surface area contributed by atoms with Crippen LogP contribution in [0.1, 0.15) is 24.2 Å². The molecule has 1 rings (SSSR count). The summed E-state index contributed by atoms with van der Waals surface area (Å²) in [5.74, 6) is 0.711. The molecule has 1 aromatic rings. The summed E-state index contributed by atoms with van der Waals surface area (Å²) in [4.78, 5) is 10.6. The van der Waals surface area contributed by atoms with Gasteiger partial charge in [-0.3, -0.25) is 4.79 Å². The maximum absolute atomic E-state index is 10.6. The van der Waals surface area contributed by atoms with E-state index in [2.05, 4.69) is 0 Å². The van der Waals surface area contributed by atoms with E-state index >= 15 is 0 Å². The smallest absolute Gasteiger partial charge is 0.150 e. The molecule has 0 amide bonds. The van der Waals surface area contributed by atoms with Crippen LogP contribution < -0.4 is 4.74 Å². The first-order valence-corrected chi connectivity index (χ1v) is 11.5. The van der Waals surface area contributed by atoms with Crippen molar-refractivity contribution in [3.63, 3.8) is 0 Å². The van der Waals surface area contributed by atoms with Gasteiger partial charge in [0.25, 0.3) is 0 Å². The number of rotatable bonds is 24. The molecule has 0 aromatic heterocycles. The van der Waals surface area contributed by atoms with Gasteiger partial charge in [0.15, 0.2) is 0 Å².